The average Bonchev–Trinajstić information content (AvgIpc) is 3.22. The quantitative estimate of drug-likeness (QED) is 0.360. The van der Waals surface area contributed by atoms with Crippen molar-refractivity contribution in [2.24, 2.45) is 52.3 Å². The summed E-state index contributed by atoms with van der Waals surface area (Å²) in [7, 11) is 0. The lowest BCUT2D eigenvalue weighted by molar-refractivity contribution is -0.166. The molecule has 0 bridgehead atoms. The minimum atomic E-state index is -0.170. The minimum absolute atomic E-state index is 0.000925. The van der Waals surface area contributed by atoms with Crippen LogP contribution in [0.25, 0.3) is 0 Å². The van der Waals surface area contributed by atoms with Crippen LogP contribution in [0.3, 0.4) is 0 Å². The van der Waals surface area contributed by atoms with E-state index in [1.807, 2.05) is 6.92 Å². The van der Waals surface area contributed by atoms with Gasteiger partial charge in [-0.25, -0.2) is 0 Å². The van der Waals surface area contributed by atoms with Crippen molar-refractivity contribution in [3.8, 4) is 0 Å². The Kier molecular flexibility index (Phi) is 8.79. The van der Waals surface area contributed by atoms with Gasteiger partial charge in [-0.2, -0.15) is 0 Å². The predicted octanol–water partition coefficient (Wildman–Crippen LogP) is 6.56. The van der Waals surface area contributed by atoms with Gasteiger partial charge in [-0.3, -0.25) is 9.59 Å². The third kappa shape index (κ3) is 5.24. The van der Waals surface area contributed by atoms with Crippen LogP contribution < -0.4 is 0 Å². The number of fused-ring (bicyclic) bond motifs is 5. The van der Waals surface area contributed by atoms with Gasteiger partial charge < -0.3 is 14.6 Å². The second-order valence-corrected chi connectivity index (χ2v) is 13.5. The molecule has 4 aliphatic rings. The lowest BCUT2D eigenvalue weighted by Crippen LogP contribution is -2.54. The maximum absolute atomic E-state index is 12.4. The minimum Gasteiger partial charge on any atom is -0.463 e. The molecule has 0 aromatic carbocycles. The van der Waals surface area contributed by atoms with Crippen molar-refractivity contribution in [3.05, 3.63) is 0 Å². The first-order valence-corrected chi connectivity index (χ1v) is 15.1. The summed E-state index contributed by atoms with van der Waals surface area (Å²) in [5, 5.41) is 8.89. The highest BCUT2D eigenvalue weighted by Gasteiger charge is 2.60. The van der Waals surface area contributed by atoms with Gasteiger partial charge >= 0.3 is 11.9 Å². The number of esters is 2. The number of aliphatic hydroxyl groups excluding tert-OH is 1. The first-order chi connectivity index (χ1) is 17.1. The van der Waals surface area contributed by atoms with E-state index in [0.717, 1.165) is 43.4 Å². The summed E-state index contributed by atoms with van der Waals surface area (Å²) >= 11 is 0. The van der Waals surface area contributed by atoms with Crippen molar-refractivity contribution < 1.29 is 24.2 Å². The van der Waals surface area contributed by atoms with Gasteiger partial charge in [0.2, 0.25) is 0 Å². The smallest absolute Gasteiger partial charge is 0.308 e. The number of rotatable bonds is 9. The van der Waals surface area contributed by atoms with Gasteiger partial charge in [0.05, 0.1) is 12.5 Å². The van der Waals surface area contributed by atoms with Crippen molar-refractivity contribution >= 4 is 11.9 Å². The molecule has 206 valence electrons. The van der Waals surface area contributed by atoms with Gasteiger partial charge in [0, 0.05) is 6.42 Å². The normalized spacial score (nSPS) is 41.4. The average molecular weight is 505 g/mol. The van der Waals surface area contributed by atoms with Crippen LogP contribution in [0.15, 0.2) is 0 Å². The standard InChI is InChI=1S/C31H52O5/c1-6-20(2)29(34)36-23-13-15-30(4)22(19-23)8-9-24-26-11-10-25(31(26,5)16-14-27(24)30)21(3)7-12-28(33)35-18-17-32/h20-27,32H,6-19H2,1-5H3. The summed E-state index contributed by atoms with van der Waals surface area (Å²) in [6, 6.07) is 0. The molecule has 4 aliphatic carbocycles. The molecule has 1 N–H and O–H groups in total. The van der Waals surface area contributed by atoms with E-state index in [9.17, 15) is 9.59 Å². The second kappa shape index (κ2) is 11.3. The van der Waals surface area contributed by atoms with Crippen LogP contribution >= 0.6 is 0 Å². The highest BCUT2D eigenvalue weighted by atomic mass is 16.5. The molecule has 0 radical (unpaired) electrons. The van der Waals surface area contributed by atoms with E-state index in [4.69, 9.17) is 14.6 Å². The molecular weight excluding hydrogens is 452 g/mol. The molecule has 36 heavy (non-hydrogen) atoms. The number of carbonyl (C=O) groups is 2. The molecule has 0 aromatic rings. The molecule has 0 saturated heterocycles. The Labute approximate surface area is 219 Å². The van der Waals surface area contributed by atoms with Crippen molar-refractivity contribution in [3.63, 3.8) is 0 Å². The lowest BCUT2D eigenvalue weighted by Gasteiger charge is -2.61. The Morgan fingerprint density at radius 3 is 2.42 bits per heavy atom. The van der Waals surface area contributed by atoms with Crippen LogP contribution in [0.1, 0.15) is 112 Å². The van der Waals surface area contributed by atoms with Gasteiger partial charge in [0.15, 0.2) is 0 Å². The molecule has 4 rings (SSSR count). The van der Waals surface area contributed by atoms with Gasteiger partial charge in [-0.15, -0.1) is 0 Å². The van der Waals surface area contributed by atoms with Gasteiger partial charge in [0.1, 0.15) is 12.7 Å². The van der Waals surface area contributed by atoms with E-state index in [1.165, 1.54) is 44.9 Å². The Balaban J connectivity index is 1.37. The van der Waals surface area contributed by atoms with Crippen LogP contribution in [0.4, 0.5) is 0 Å². The van der Waals surface area contributed by atoms with Crippen LogP contribution in [0, 0.1) is 52.3 Å². The second-order valence-electron chi connectivity index (χ2n) is 13.5. The van der Waals surface area contributed by atoms with Gasteiger partial charge in [0.25, 0.3) is 0 Å². The predicted molar refractivity (Wildman–Crippen MR) is 141 cm³/mol. The van der Waals surface area contributed by atoms with Gasteiger partial charge in [-0.1, -0.05) is 34.6 Å². The summed E-state index contributed by atoms with van der Waals surface area (Å²) in [5.74, 6) is 4.19. The zero-order chi connectivity index (χ0) is 26.1. The summed E-state index contributed by atoms with van der Waals surface area (Å²) in [4.78, 5) is 24.4. The zero-order valence-electron chi connectivity index (χ0n) is 23.6. The molecule has 0 heterocycles. The van der Waals surface area contributed by atoms with E-state index in [-0.39, 0.29) is 37.2 Å². The van der Waals surface area contributed by atoms with E-state index < -0.39 is 0 Å². The zero-order valence-corrected chi connectivity index (χ0v) is 23.6. The van der Waals surface area contributed by atoms with E-state index in [0.29, 0.717) is 35.0 Å². The van der Waals surface area contributed by atoms with Crippen LogP contribution in [0.5, 0.6) is 0 Å². The molecule has 0 spiro atoms. The molecule has 0 amide bonds. The summed E-state index contributed by atoms with van der Waals surface area (Å²) in [6.45, 7) is 11.6. The molecule has 0 aromatic heterocycles. The highest BCUT2D eigenvalue weighted by Crippen LogP contribution is 2.68. The summed E-state index contributed by atoms with van der Waals surface area (Å²) in [6.07, 6.45) is 13.6. The van der Waals surface area contributed by atoms with Crippen molar-refractivity contribution in [1.29, 1.82) is 0 Å². The van der Waals surface area contributed by atoms with Crippen molar-refractivity contribution in [2.45, 2.75) is 118 Å². The van der Waals surface area contributed by atoms with Crippen LogP contribution in [-0.2, 0) is 19.1 Å². The maximum Gasteiger partial charge on any atom is 0.308 e. The molecule has 10 atom stereocenters. The van der Waals surface area contributed by atoms with Crippen LogP contribution in [0.2, 0.25) is 0 Å². The fraction of sp³-hybridized carbons (Fsp3) is 0.935. The van der Waals surface area contributed by atoms with Gasteiger partial charge in [-0.05, 0) is 117 Å². The van der Waals surface area contributed by atoms with Crippen molar-refractivity contribution in [1.82, 2.24) is 0 Å². The lowest BCUT2D eigenvalue weighted by atomic mass is 9.44. The molecule has 4 saturated carbocycles. The third-order valence-corrected chi connectivity index (χ3v) is 11.8. The van der Waals surface area contributed by atoms with E-state index in [2.05, 4.69) is 27.7 Å². The first kappa shape index (κ1) is 27.9. The fourth-order valence-corrected chi connectivity index (χ4v) is 9.53. The largest absolute Gasteiger partial charge is 0.463 e. The number of hydrogen-bond acceptors (Lipinski definition) is 5. The first-order valence-electron chi connectivity index (χ1n) is 15.1. The van der Waals surface area contributed by atoms with E-state index in [1.54, 1.807) is 0 Å². The monoisotopic (exact) mass is 504 g/mol. The Hall–Kier alpha value is -1.10. The summed E-state index contributed by atoms with van der Waals surface area (Å²) < 4.78 is 11.1. The highest BCUT2D eigenvalue weighted by molar-refractivity contribution is 5.72. The van der Waals surface area contributed by atoms with E-state index >= 15 is 0 Å². The number of ether oxygens (including phenoxy) is 2. The topological polar surface area (TPSA) is 72.8 Å². The molecule has 0 aliphatic heterocycles. The Morgan fingerprint density at radius 2 is 1.69 bits per heavy atom. The number of carbonyl (C=O) groups excluding carboxylic acids is 2. The SMILES string of the molecule is CCC(C)C(=O)OC1CCC2(C)C(CCC3C2CCC2(C)C(C(C)CCC(=O)OCCO)CCC32)C1. The Bertz CT molecular complexity index is 781. The fourth-order valence-electron chi connectivity index (χ4n) is 9.53. The number of hydrogen-bond donors (Lipinski definition) is 1. The molecule has 4 fully saturated rings. The van der Waals surface area contributed by atoms with Crippen LogP contribution in [-0.4, -0.2) is 36.4 Å². The molecule has 10 unspecified atom stereocenters. The Morgan fingerprint density at radius 1 is 0.972 bits per heavy atom. The van der Waals surface area contributed by atoms with Crippen molar-refractivity contribution in [2.75, 3.05) is 13.2 Å². The third-order valence-electron chi connectivity index (χ3n) is 11.8. The summed E-state index contributed by atoms with van der Waals surface area (Å²) in [5.41, 5.74) is 0.783. The number of aliphatic hydroxyl groups is 1. The molecular formula is C31H52O5. The maximum atomic E-state index is 12.4. The molecule has 5 heteroatoms. The molecule has 5 nitrogen and oxygen atoms in total.